The molecule has 0 aliphatic heterocycles. The Bertz CT molecular complexity index is 358. The molecule has 0 aromatic heterocycles. The monoisotopic (exact) mass is 214 g/mol. The molecule has 76 valence electrons. The predicted molar refractivity (Wildman–Crippen MR) is 56.7 cm³/mol. The van der Waals surface area contributed by atoms with Crippen LogP contribution in [0.1, 0.15) is 19.4 Å². The lowest BCUT2D eigenvalue weighted by atomic mass is 10.1. The molecule has 0 heterocycles. The third kappa shape index (κ3) is 2.82. The van der Waals surface area contributed by atoms with Crippen molar-refractivity contribution in [3.05, 3.63) is 40.2 Å². The third-order valence-electron chi connectivity index (χ3n) is 2.00. The van der Waals surface area contributed by atoms with E-state index >= 15 is 0 Å². The summed E-state index contributed by atoms with van der Waals surface area (Å²) < 4.78 is 12.8. The molecule has 0 saturated heterocycles. The molecule has 0 bridgehead atoms. The Morgan fingerprint density at radius 1 is 1.57 bits per heavy atom. The van der Waals surface area contributed by atoms with Crippen molar-refractivity contribution in [1.29, 1.82) is 0 Å². The van der Waals surface area contributed by atoms with E-state index in [1.54, 1.807) is 19.1 Å². The molecule has 1 aromatic carbocycles. The summed E-state index contributed by atoms with van der Waals surface area (Å²) in [4.78, 5) is 0. The summed E-state index contributed by atoms with van der Waals surface area (Å²) in [5.41, 5.74) is 1.60. The van der Waals surface area contributed by atoms with Gasteiger partial charge >= 0.3 is 0 Å². The predicted octanol–water partition coefficient (Wildman–Crippen LogP) is 3.26. The number of aliphatic hydroxyl groups excluding tert-OH is 1. The molecule has 1 N–H and O–H groups in total. The Labute approximate surface area is 87.8 Å². The van der Waals surface area contributed by atoms with E-state index in [0.29, 0.717) is 0 Å². The van der Waals surface area contributed by atoms with Crippen molar-refractivity contribution in [1.82, 2.24) is 0 Å². The fourth-order valence-electron chi connectivity index (χ4n) is 0.986. The number of aliphatic hydroxyl groups is 1. The van der Waals surface area contributed by atoms with Crippen LogP contribution in [0.3, 0.4) is 0 Å². The number of benzene rings is 1. The maximum Gasteiger partial charge on any atom is 0.141 e. The van der Waals surface area contributed by atoms with E-state index < -0.39 is 11.9 Å². The molecule has 0 radical (unpaired) electrons. The first kappa shape index (κ1) is 11.2. The highest BCUT2D eigenvalue weighted by Crippen LogP contribution is 2.18. The smallest absolute Gasteiger partial charge is 0.141 e. The summed E-state index contributed by atoms with van der Waals surface area (Å²) >= 11 is 5.61. The van der Waals surface area contributed by atoms with Crippen molar-refractivity contribution >= 4 is 17.7 Å². The molecule has 14 heavy (non-hydrogen) atoms. The number of hydrogen-bond donors (Lipinski definition) is 1. The van der Waals surface area contributed by atoms with Gasteiger partial charge in [0.15, 0.2) is 0 Å². The molecule has 1 unspecified atom stereocenters. The van der Waals surface area contributed by atoms with Gasteiger partial charge in [-0.2, -0.15) is 0 Å². The molecule has 0 spiro atoms. The molecule has 1 atom stereocenters. The van der Waals surface area contributed by atoms with E-state index in [-0.39, 0.29) is 5.02 Å². The second kappa shape index (κ2) is 4.58. The average Bonchev–Trinajstić information content (AvgIpc) is 2.11. The second-order valence-corrected chi connectivity index (χ2v) is 3.65. The number of hydrogen-bond acceptors (Lipinski definition) is 1. The molecule has 0 aliphatic carbocycles. The van der Waals surface area contributed by atoms with Gasteiger partial charge in [0.1, 0.15) is 5.82 Å². The summed E-state index contributed by atoms with van der Waals surface area (Å²) in [7, 11) is 0. The molecule has 0 aliphatic rings. The molecule has 3 heteroatoms. The van der Waals surface area contributed by atoms with Gasteiger partial charge in [-0.25, -0.2) is 4.39 Å². The van der Waals surface area contributed by atoms with Crippen molar-refractivity contribution in [2.24, 2.45) is 0 Å². The standard InChI is InChI=1S/C11H12ClFO/c1-7(8(2)14)5-9-3-4-11(13)10(12)6-9/h3-6,8,14H,1-2H3/b7-5+. The van der Waals surface area contributed by atoms with E-state index in [2.05, 4.69) is 0 Å². The van der Waals surface area contributed by atoms with Gasteiger partial charge in [0.2, 0.25) is 0 Å². The van der Waals surface area contributed by atoms with E-state index in [9.17, 15) is 9.50 Å². The maximum atomic E-state index is 12.8. The van der Waals surface area contributed by atoms with Crippen LogP contribution in [-0.2, 0) is 0 Å². The highest BCUT2D eigenvalue weighted by Gasteiger charge is 2.01. The van der Waals surface area contributed by atoms with E-state index in [0.717, 1.165) is 11.1 Å². The van der Waals surface area contributed by atoms with Crippen LogP contribution in [0.4, 0.5) is 4.39 Å². The van der Waals surface area contributed by atoms with Gasteiger partial charge in [0, 0.05) is 0 Å². The fraction of sp³-hybridized carbons (Fsp3) is 0.273. The van der Waals surface area contributed by atoms with Gasteiger partial charge in [-0.3, -0.25) is 0 Å². The zero-order valence-electron chi connectivity index (χ0n) is 8.09. The fourth-order valence-corrected chi connectivity index (χ4v) is 1.17. The summed E-state index contributed by atoms with van der Waals surface area (Å²) in [5, 5.41) is 9.33. The summed E-state index contributed by atoms with van der Waals surface area (Å²) in [6.07, 6.45) is 1.27. The van der Waals surface area contributed by atoms with Gasteiger partial charge in [0.05, 0.1) is 11.1 Å². The normalized spacial score (nSPS) is 14.2. The second-order valence-electron chi connectivity index (χ2n) is 3.24. The molecular formula is C11H12ClFO. The lowest BCUT2D eigenvalue weighted by molar-refractivity contribution is 0.232. The minimum Gasteiger partial charge on any atom is -0.389 e. The van der Waals surface area contributed by atoms with Crippen LogP contribution < -0.4 is 0 Å². The Morgan fingerprint density at radius 2 is 2.21 bits per heavy atom. The quantitative estimate of drug-likeness (QED) is 0.801. The van der Waals surface area contributed by atoms with Crippen molar-refractivity contribution in [3.63, 3.8) is 0 Å². The van der Waals surface area contributed by atoms with Gasteiger partial charge in [0.25, 0.3) is 0 Å². The Morgan fingerprint density at radius 3 is 2.71 bits per heavy atom. The summed E-state index contributed by atoms with van der Waals surface area (Å²) in [6, 6.07) is 4.46. The third-order valence-corrected chi connectivity index (χ3v) is 2.29. The van der Waals surface area contributed by atoms with Crippen LogP contribution in [0, 0.1) is 5.82 Å². The maximum absolute atomic E-state index is 12.8. The van der Waals surface area contributed by atoms with Crippen molar-refractivity contribution < 1.29 is 9.50 Å². The average molecular weight is 215 g/mol. The molecule has 1 nitrogen and oxygen atoms in total. The van der Waals surface area contributed by atoms with Crippen LogP contribution >= 0.6 is 11.6 Å². The van der Waals surface area contributed by atoms with Crippen LogP contribution in [0.5, 0.6) is 0 Å². The zero-order chi connectivity index (χ0) is 10.7. The van der Waals surface area contributed by atoms with Crippen LogP contribution in [0.15, 0.2) is 23.8 Å². The first-order valence-electron chi connectivity index (χ1n) is 4.32. The number of halogens is 2. The topological polar surface area (TPSA) is 20.2 Å². The molecule has 0 amide bonds. The minimum atomic E-state index is -0.501. The SMILES string of the molecule is C/C(=C\c1ccc(F)c(Cl)c1)C(C)O. The molecule has 1 rings (SSSR count). The molecule has 0 fully saturated rings. The lowest BCUT2D eigenvalue weighted by Crippen LogP contribution is -2.00. The van der Waals surface area contributed by atoms with Gasteiger partial charge in [-0.05, 0) is 37.1 Å². The highest BCUT2D eigenvalue weighted by atomic mass is 35.5. The Kier molecular flexibility index (Phi) is 3.67. The van der Waals surface area contributed by atoms with Crippen molar-refractivity contribution in [2.45, 2.75) is 20.0 Å². The van der Waals surface area contributed by atoms with Crippen LogP contribution in [0.25, 0.3) is 6.08 Å². The van der Waals surface area contributed by atoms with Crippen LogP contribution in [-0.4, -0.2) is 11.2 Å². The molecule has 1 aromatic rings. The van der Waals surface area contributed by atoms with Gasteiger partial charge in [-0.15, -0.1) is 0 Å². The molecule has 0 saturated carbocycles. The zero-order valence-corrected chi connectivity index (χ0v) is 8.85. The van der Waals surface area contributed by atoms with Gasteiger partial charge < -0.3 is 5.11 Å². The summed E-state index contributed by atoms with van der Waals surface area (Å²) in [6.45, 7) is 3.49. The first-order chi connectivity index (χ1) is 6.50. The lowest BCUT2D eigenvalue weighted by Gasteiger charge is -2.04. The molecular weight excluding hydrogens is 203 g/mol. The van der Waals surface area contributed by atoms with E-state index in [1.165, 1.54) is 12.1 Å². The Balaban J connectivity index is 2.98. The highest BCUT2D eigenvalue weighted by molar-refractivity contribution is 6.30. The largest absolute Gasteiger partial charge is 0.389 e. The van der Waals surface area contributed by atoms with Crippen molar-refractivity contribution in [3.8, 4) is 0 Å². The van der Waals surface area contributed by atoms with E-state index in [1.807, 2.05) is 6.92 Å². The summed E-state index contributed by atoms with van der Waals surface area (Å²) in [5.74, 6) is -0.432. The van der Waals surface area contributed by atoms with E-state index in [4.69, 9.17) is 11.6 Å². The van der Waals surface area contributed by atoms with Crippen molar-refractivity contribution in [2.75, 3.05) is 0 Å². The number of rotatable bonds is 2. The first-order valence-corrected chi connectivity index (χ1v) is 4.70. The minimum absolute atomic E-state index is 0.0946. The van der Waals surface area contributed by atoms with Crippen LogP contribution in [0.2, 0.25) is 5.02 Å². The van der Waals surface area contributed by atoms with Gasteiger partial charge in [-0.1, -0.05) is 23.7 Å². The Hall–Kier alpha value is -0.860.